The molecule has 6 nitrogen and oxygen atoms in total. The number of hydrogen-bond donors (Lipinski definition) is 1. The van der Waals surface area contributed by atoms with Crippen molar-refractivity contribution in [3.63, 3.8) is 0 Å². The minimum absolute atomic E-state index is 0.0131. The third-order valence-electron chi connectivity index (χ3n) is 3.07. The molecule has 0 aromatic carbocycles. The Morgan fingerprint density at radius 3 is 2.79 bits per heavy atom. The molecule has 2 amide bonds. The molecule has 0 unspecified atom stereocenters. The summed E-state index contributed by atoms with van der Waals surface area (Å²) in [5.41, 5.74) is 0.420. The first-order valence-corrected chi connectivity index (χ1v) is 6.39. The summed E-state index contributed by atoms with van der Waals surface area (Å²) in [6.45, 7) is 5.36. The monoisotopic (exact) mass is 259 g/mol. The van der Waals surface area contributed by atoms with E-state index >= 15 is 0 Å². The van der Waals surface area contributed by atoms with Crippen molar-refractivity contribution in [2.75, 3.05) is 37.6 Å². The van der Waals surface area contributed by atoms with Crippen LogP contribution < -0.4 is 10.2 Å². The molecule has 1 aliphatic rings. The molecule has 1 aromatic heterocycles. The SMILES string of the molecule is CCNC(=O)N1CCN(c2cccc(C#N)n2)CC1. The van der Waals surface area contributed by atoms with Crippen LogP contribution >= 0.6 is 0 Å². The molecule has 100 valence electrons. The van der Waals surface area contributed by atoms with E-state index in [1.807, 2.05) is 25.1 Å². The smallest absolute Gasteiger partial charge is 0.317 e. The Kier molecular flexibility index (Phi) is 4.18. The third kappa shape index (κ3) is 3.13. The number of nitrogens with zero attached hydrogens (tertiary/aromatic N) is 4. The molecule has 1 aliphatic heterocycles. The maximum absolute atomic E-state index is 11.7. The van der Waals surface area contributed by atoms with Crippen LogP contribution in [0.3, 0.4) is 0 Å². The fourth-order valence-corrected chi connectivity index (χ4v) is 2.06. The molecule has 1 N–H and O–H groups in total. The molecular formula is C13H17N5O. The number of nitriles is 1. The highest BCUT2D eigenvalue weighted by molar-refractivity contribution is 5.74. The van der Waals surface area contributed by atoms with Crippen LogP contribution in [0.2, 0.25) is 0 Å². The van der Waals surface area contributed by atoms with Crippen molar-refractivity contribution >= 4 is 11.8 Å². The van der Waals surface area contributed by atoms with Crippen LogP contribution in [0.4, 0.5) is 10.6 Å². The van der Waals surface area contributed by atoms with Crippen LogP contribution in [0.15, 0.2) is 18.2 Å². The highest BCUT2D eigenvalue weighted by Crippen LogP contribution is 2.14. The van der Waals surface area contributed by atoms with Gasteiger partial charge in [0.25, 0.3) is 0 Å². The summed E-state index contributed by atoms with van der Waals surface area (Å²) >= 11 is 0. The van der Waals surface area contributed by atoms with Gasteiger partial charge in [0.05, 0.1) is 0 Å². The standard InChI is InChI=1S/C13H17N5O/c1-2-15-13(19)18-8-6-17(7-9-18)12-5-3-4-11(10-14)16-12/h3-5H,2,6-9H2,1H3,(H,15,19). The zero-order valence-electron chi connectivity index (χ0n) is 11.0. The number of carbonyl (C=O) groups is 1. The van der Waals surface area contributed by atoms with Crippen LogP contribution in [0.5, 0.6) is 0 Å². The summed E-state index contributed by atoms with van der Waals surface area (Å²) < 4.78 is 0. The number of nitrogens with one attached hydrogen (secondary N) is 1. The maximum Gasteiger partial charge on any atom is 0.317 e. The van der Waals surface area contributed by atoms with Gasteiger partial charge in [-0.2, -0.15) is 5.26 Å². The van der Waals surface area contributed by atoms with Gasteiger partial charge in [-0.05, 0) is 19.1 Å². The molecule has 1 aromatic rings. The lowest BCUT2D eigenvalue weighted by Crippen LogP contribution is -2.52. The molecule has 1 fully saturated rings. The topological polar surface area (TPSA) is 72.3 Å². The van der Waals surface area contributed by atoms with Crippen LogP contribution in [0.25, 0.3) is 0 Å². The second kappa shape index (κ2) is 6.05. The van der Waals surface area contributed by atoms with Crippen LogP contribution in [0, 0.1) is 11.3 Å². The number of aromatic nitrogens is 1. The molecule has 19 heavy (non-hydrogen) atoms. The molecule has 1 saturated heterocycles. The first kappa shape index (κ1) is 13.1. The molecule has 0 aliphatic carbocycles. The third-order valence-corrected chi connectivity index (χ3v) is 3.07. The van der Waals surface area contributed by atoms with Crippen molar-refractivity contribution in [2.24, 2.45) is 0 Å². The Hall–Kier alpha value is -2.29. The normalized spacial score (nSPS) is 14.9. The van der Waals surface area contributed by atoms with Crippen LogP contribution in [0.1, 0.15) is 12.6 Å². The first-order chi connectivity index (χ1) is 9.24. The van der Waals surface area contributed by atoms with E-state index < -0.39 is 0 Å². The van der Waals surface area contributed by atoms with E-state index in [0.29, 0.717) is 25.3 Å². The minimum atomic E-state index is -0.0131. The van der Waals surface area contributed by atoms with Crippen LogP contribution in [-0.2, 0) is 0 Å². The van der Waals surface area contributed by atoms with E-state index in [4.69, 9.17) is 5.26 Å². The quantitative estimate of drug-likeness (QED) is 0.853. The second-order valence-electron chi connectivity index (χ2n) is 4.30. The fraction of sp³-hybridized carbons (Fsp3) is 0.462. The van der Waals surface area contributed by atoms with Gasteiger partial charge in [-0.1, -0.05) is 6.07 Å². The Morgan fingerprint density at radius 2 is 2.16 bits per heavy atom. The fourth-order valence-electron chi connectivity index (χ4n) is 2.06. The van der Waals surface area contributed by atoms with Crippen molar-refractivity contribution in [2.45, 2.75) is 6.92 Å². The maximum atomic E-state index is 11.7. The van der Waals surface area contributed by atoms with Gasteiger partial charge < -0.3 is 15.1 Å². The lowest BCUT2D eigenvalue weighted by molar-refractivity contribution is 0.195. The summed E-state index contributed by atoms with van der Waals surface area (Å²) in [6, 6.07) is 7.44. The zero-order valence-corrected chi connectivity index (χ0v) is 11.0. The average molecular weight is 259 g/mol. The van der Waals surface area contributed by atoms with Crippen LogP contribution in [-0.4, -0.2) is 48.6 Å². The number of amides is 2. The molecule has 0 bridgehead atoms. The number of urea groups is 1. The highest BCUT2D eigenvalue weighted by atomic mass is 16.2. The van der Waals surface area contributed by atoms with Crippen molar-refractivity contribution in [1.29, 1.82) is 5.26 Å². The predicted octanol–water partition coefficient (Wildman–Crippen LogP) is 0.805. The Labute approximate surface area is 112 Å². The van der Waals surface area contributed by atoms with E-state index in [1.54, 1.807) is 11.0 Å². The van der Waals surface area contributed by atoms with E-state index in [2.05, 4.69) is 15.2 Å². The second-order valence-corrected chi connectivity index (χ2v) is 4.30. The summed E-state index contributed by atoms with van der Waals surface area (Å²) in [4.78, 5) is 19.8. The molecule has 0 atom stereocenters. The summed E-state index contributed by atoms with van der Waals surface area (Å²) in [6.07, 6.45) is 0. The Balaban J connectivity index is 1.96. The molecule has 2 heterocycles. The lowest BCUT2D eigenvalue weighted by atomic mass is 10.3. The number of piperazine rings is 1. The Morgan fingerprint density at radius 1 is 1.42 bits per heavy atom. The van der Waals surface area contributed by atoms with Gasteiger partial charge in [-0.3, -0.25) is 0 Å². The zero-order chi connectivity index (χ0) is 13.7. The summed E-state index contributed by atoms with van der Waals surface area (Å²) in [5, 5.41) is 11.6. The first-order valence-electron chi connectivity index (χ1n) is 6.39. The van der Waals surface area contributed by atoms with Crippen molar-refractivity contribution in [1.82, 2.24) is 15.2 Å². The lowest BCUT2D eigenvalue weighted by Gasteiger charge is -2.35. The van der Waals surface area contributed by atoms with Gasteiger partial charge in [0.2, 0.25) is 0 Å². The molecule has 0 spiro atoms. The van der Waals surface area contributed by atoms with Gasteiger partial charge in [-0.15, -0.1) is 0 Å². The van der Waals surface area contributed by atoms with Crippen molar-refractivity contribution < 1.29 is 4.79 Å². The van der Waals surface area contributed by atoms with Gasteiger partial charge >= 0.3 is 6.03 Å². The van der Waals surface area contributed by atoms with E-state index in [-0.39, 0.29) is 6.03 Å². The number of anilines is 1. The molecule has 6 heteroatoms. The van der Waals surface area contributed by atoms with Gasteiger partial charge in [0.1, 0.15) is 17.6 Å². The Bertz CT molecular complexity index is 488. The van der Waals surface area contributed by atoms with E-state index in [0.717, 1.165) is 18.9 Å². The molecular weight excluding hydrogens is 242 g/mol. The summed E-state index contributed by atoms with van der Waals surface area (Å²) in [5.74, 6) is 0.801. The van der Waals surface area contributed by atoms with Crippen molar-refractivity contribution in [3.8, 4) is 6.07 Å². The molecule has 0 radical (unpaired) electrons. The minimum Gasteiger partial charge on any atom is -0.353 e. The summed E-state index contributed by atoms with van der Waals surface area (Å²) in [7, 11) is 0. The molecule has 2 rings (SSSR count). The van der Waals surface area contributed by atoms with Gasteiger partial charge in [-0.25, -0.2) is 9.78 Å². The highest BCUT2D eigenvalue weighted by Gasteiger charge is 2.21. The number of rotatable bonds is 2. The van der Waals surface area contributed by atoms with Gasteiger partial charge in [0, 0.05) is 32.7 Å². The largest absolute Gasteiger partial charge is 0.353 e. The number of hydrogen-bond acceptors (Lipinski definition) is 4. The van der Waals surface area contributed by atoms with Gasteiger partial charge in [0.15, 0.2) is 0 Å². The number of pyridine rings is 1. The van der Waals surface area contributed by atoms with Crippen molar-refractivity contribution in [3.05, 3.63) is 23.9 Å². The molecule has 0 saturated carbocycles. The van der Waals surface area contributed by atoms with E-state index in [1.165, 1.54) is 0 Å². The van der Waals surface area contributed by atoms with E-state index in [9.17, 15) is 4.79 Å². The number of carbonyl (C=O) groups excluding carboxylic acids is 1. The average Bonchev–Trinajstić information content (AvgIpc) is 2.48. The predicted molar refractivity (Wildman–Crippen MR) is 71.8 cm³/mol.